The summed E-state index contributed by atoms with van der Waals surface area (Å²) in [7, 11) is 0. The van der Waals surface area contributed by atoms with Crippen LogP contribution in [0.1, 0.15) is 38.7 Å². The first-order valence-corrected chi connectivity index (χ1v) is 8.14. The number of thioether (sulfide) groups is 1. The van der Waals surface area contributed by atoms with Gasteiger partial charge in [0, 0.05) is 11.8 Å². The van der Waals surface area contributed by atoms with E-state index in [4.69, 9.17) is 4.74 Å². The van der Waals surface area contributed by atoms with Gasteiger partial charge in [-0.3, -0.25) is 9.59 Å². The van der Waals surface area contributed by atoms with Crippen LogP contribution in [0.15, 0.2) is 24.3 Å². The van der Waals surface area contributed by atoms with Crippen LogP contribution < -0.4 is 10.1 Å². The second-order valence-electron chi connectivity index (χ2n) is 5.46. The summed E-state index contributed by atoms with van der Waals surface area (Å²) in [6.45, 7) is 4.02. The lowest BCUT2D eigenvalue weighted by Crippen LogP contribution is -2.28. The molecular weight excluding hydrogens is 286 g/mol. The average molecular weight is 307 g/mol. The molecule has 0 bridgehead atoms. The molecule has 5 heteroatoms. The molecule has 1 unspecified atom stereocenters. The number of hydrogen-bond acceptors (Lipinski definition) is 4. The Kier molecular flexibility index (Phi) is 5.67. The highest BCUT2D eigenvalue weighted by Gasteiger charge is 2.30. The smallest absolute Gasteiger partial charge is 0.287 e. The quantitative estimate of drug-likeness (QED) is 0.783. The highest BCUT2D eigenvalue weighted by atomic mass is 32.2. The second kappa shape index (κ2) is 7.50. The summed E-state index contributed by atoms with van der Waals surface area (Å²) in [5, 5.41) is 2.42. The third-order valence-electron chi connectivity index (χ3n) is 3.27. The van der Waals surface area contributed by atoms with Gasteiger partial charge in [0.05, 0.1) is 12.1 Å². The number of unbranched alkanes of at least 4 members (excludes halogenated alkanes) is 1. The van der Waals surface area contributed by atoms with Crippen molar-refractivity contribution < 1.29 is 14.3 Å². The minimum absolute atomic E-state index is 0.0461. The number of rotatable bonds is 7. The van der Waals surface area contributed by atoms with Gasteiger partial charge >= 0.3 is 0 Å². The molecule has 1 aliphatic heterocycles. The number of hydrogen-bond donors (Lipinski definition) is 1. The predicted molar refractivity (Wildman–Crippen MR) is 84.7 cm³/mol. The van der Waals surface area contributed by atoms with Gasteiger partial charge in [0.2, 0.25) is 5.12 Å². The molecule has 2 rings (SSSR count). The highest BCUT2D eigenvalue weighted by molar-refractivity contribution is 8.26. The van der Waals surface area contributed by atoms with E-state index in [9.17, 15) is 9.59 Å². The van der Waals surface area contributed by atoms with Crippen LogP contribution >= 0.6 is 11.8 Å². The van der Waals surface area contributed by atoms with Crippen molar-refractivity contribution in [2.24, 2.45) is 0 Å². The molecule has 1 aromatic rings. The minimum atomic E-state index is -0.288. The molecule has 21 heavy (non-hydrogen) atoms. The molecule has 1 saturated heterocycles. The van der Waals surface area contributed by atoms with Crippen molar-refractivity contribution in [3.8, 4) is 5.75 Å². The first kappa shape index (κ1) is 15.9. The Morgan fingerprint density at radius 2 is 1.90 bits per heavy atom. The maximum atomic E-state index is 11.4. The Labute approximate surface area is 129 Å². The van der Waals surface area contributed by atoms with Crippen LogP contribution in [0.25, 0.3) is 0 Å². The first-order valence-electron chi connectivity index (χ1n) is 7.32. The summed E-state index contributed by atoms with van der Waals surface area (Å²) < 4.78 is 5.60. The summed E-state index contributed by atoms with van der Waals surface area (Å²) in [5.74, 6) is 0.894. The van der Waals surface area contributed by atoms with Crippen LogP contribution in [0.2, 0.25) is 0 Å². The molecule has 4 nitrogen and oxygen atoms in total. The molecule has 0 spiro atoms. The summed E-state index contributed by atoms with van der Waals surface area (Å²) in [6, 6.07) is 7.86. The van der Waals surface area contributed by atoms with Gasteiger partial charge in [-0.2, -0.15) is 0 Å². The van der Waals surface area contributed by atoms with Crippen molar-refractivity contribution in [3.05, 3.63) is 29.8 Å². The van der Waals surface area contributed by atoms with E-state index in [1.165, 1.54) is 5.56 Å². The van der Waals surface area contributed by atoms with Crippen molar-refractivity contribution in [1.29, 1.82) is 0 Å². The Bertz CT molecular complexity index is 499. The number of aryl methyl sites for hydroxylation is 1. The molecule has 1 aliphatic rings. The van der Waals surface area contributed by atoms with E-state index in [-0.39, 0.29) is 22.5 Å². The fourth-order valence-electron chi connectivity index (χ4n) is 2.27. The maximum Gasteiger partial charge on any atom is 0.287 e. The molecule has 1 heterocycles. The number of nitrogens with one attached hydrogen (secondary N) is 1. The van der Waals surface area contributed by atoms with Crippen molar-refractivity contribution in [2.45, 2.75) is 51.7 Å². The molecule has 1 fully saturated rings. The van der Waals surface area contributed by atoms with Crippen LogP contribution in [-0.2, 0) is 11.2 Å². The van der Waals surface area contributed by atoms with Crippen LogP contribution in [0.4, 0.5) is 4.79 Å². The van der Waals surface area contributed by atoms with Crippen molar-refractivity contribution in [1.82, 2.24) is 5.32 Å². The summed E-state index contributed by atoms with van der Waals surface area (Å²) in [5.41, 5.74) is 1.27. The number of carbonyl (C=O) groups excluding carboxylic acids is 2. The number of carbonyl (C=O) groups is 2. The first-order chi connectivity index (χ1) is 10.0. The predicted octanol–water partition coefficient (Wildman–Crippen LogP) is 3.54. The number of ether oxygens (including phenoxy) is 1. The minimum Gasteiger partial charge on any atom is -0.491 e. The lowest BCUT2D eigenvalue weighted by Gasteiger charge is -2.10. The standard InChI is InChI=1S/C16H21NO3S/c1-11(2)20-13-9-7-12(8-10-13)5-3-4-6-14-15(18)21-16(19)17-14/h7-11,14H,3-6H2,1-2H3,(H,17,19). The molecular formula is C16H21NO3S. The van der Waals surface area contributed by atoms with Crippen molar-refractivity contribution in [2.75, 3.05) is 0 Å². The van der Waals surface area contributed by atoms with Gasteiger partial charge in [-0.25, -0.2) is 0 Å². The summed E-state index contributed by atoms with van der Waals surface area (Å²) in [4.78, 5) is 22.5. The fraction of sp³-hybridized carbons (Fsp3) is 0.500. The lowest BCUT2D eigenvalue weighted by molar-refractivity contribution is -0.112. The monoisotopic (exact) mass is 307 g/mol. The average Bonchev–Trinajstić information content (AvgIpc) is 2.74. The number of amides is 1. The Hall–Kier alpha value is -1.49. The lowest BCUT2D eigenvalue weighted by atomic mass is 10.0. The molecule has 0 aliphatic carbocycles. The molecule has 114 valence electrons. The zero-order valence-corrected chi connectivity index (χ0v) is 13.2. The van der Waals surface area contributed by atoms with Gasteiger partial charge in [-0.15, -0.1) is 0 Å². The molecule has 1 aromatic carbocycles. The fourth-order valence-corrected chi connectivity index (χ4v) is 2.97. The normalized spacial score (nSPS) is 18.1. The second-order valence-corrected chi connectivity index (χ2v) is 6.44. The zero-order chi connectivity index (χ0) is 15.2. The van der Waals surface area contributed by atoms with Crippen LogP contribution in [0.5, 0.6) is 5.75 Å². The van der Waals surface area contributed by atoms with Crippen LogP contribution in [-0.4, -0.2) is 22.5 Å². The topological polar surface area (TPSA) is 55.4 Å². The van der Waals surface area contributed by atoms with E-state index in [2.05, 4.69) is 17.4 Å². The molecule has 1 amide bonds. The van der Waals surface area contributed by atoms with Crippen molar-refractivity contribution >= 4 is 22.1 Å². The van der Waals surface area contributed by atoms with Gasteiger partial charge in [-0.1, -0.05) is 18.6 Å². The number of benzene rings is 1. The van der Waals surface area contributed by atoms with Gasteiger partial charge in [0.25, 0.3) is 5.24 Å². The molecule has 0 radical (unpaired) electrons. The van der Waals surface area contributed by atoms with Gasteiger partial charge < -0.3 is 10.1 Å². The van der Waals surface area contributed by atoms with Gasteiger partial charge in [-0.05, 0) is 50.8 Å². The van der Waals surface area contributed by atoms with Gasteiger partial charge in [0.15, 0.2) is 0 Å². The third-order valence-corrected chi connectivity index (χ3v) is 4.06. The summed E-state index contributed by atoms with van der Waals surface area (Å²) >= 11 is 0.786. The van der Waals surface area contributed by atoms with Crippen LogP contribution in [0.3, 0.4) is 0 Å². The van der Waals surface area contributed by atoms with E-state index in [0.717, 1.165) is 43.2 Å². The largest absolute Gasteiger partial charge is 0.491 e. The molecule has 1 N–H and O–H groups in total. The Morgan fingerprint density at radius 1 is 1.19 bits per heavy atom. The van der Waals surface area contributed by atoms with E-state index in [1.807, 2.05) is 26.0 Å². The molecule has 0 saturated carbocycles. The van der Waals surface area contributed by atoms with Crippen LogP contribution in [0, 0.1) is 0 Å². The van der Waals surface area contributed by atoms with E-state index < -0.39 is 0 Å². The third kappa shape index (κ3) is 5.08. The van der Waals surface area contributed by atoms with E-state index >= 15 is 0 Å². The maximum absolute atomic E-state index is 11.4. The van der Waals surface area contributed by atoms with E-state index in [1.54, 1.807) is 0 Å². The SMILES string of the molecule is CC(C)Oc1ccc(CCCCC2NC(=O)SC2=O)cc1. The molecule has 1 atom stereocenters. The zero-order valence-electron chi connectivity index (χ0n) is 12.4. The Morgan fingerprint density at radius 3 is 2.48 bits per heavy atom. The van der Waals surface area contributed by atoms with Gasteiger partial charge in [0.1, 0.15) is 5.75 Å². The molecule has 0 aromatic heterocycles. The summed E-state index contributed by atoms with van der Waals surface area (Å²) in [6.07, 6.45) is 3.83. The van der Waals surface area contributed by atoms with Crippen molar-refractivity contribution in [3.63, 3.8) is 0 Å². The van der Waals surface area contributed by atoms with E-state index in [0.29, 0.717) is 0 Å². The Balaban J connectivity index is 1.69. The highest BCUT2D eigenvalue weighted by Crippen LogP contribution is 2.20.